The number of rotatable bonds is 2. The Morgan fingerprint density at radius 3 is 1.92 bits per heavy atom. The first kappa shape index (κ1) is 9.40. The Balaban J connectivity index is 3.12. The second-order valence-corrected chi connectivity index (χ2v) is 4.60. The fourth-order valence-corrected chi connectivity index (χ4v) is 2.46. The van der Waals surface area contributed by atoms with Gasteiger partial charge in [-0.2, -0.15) is 8.42 Å². The van der Waals surface area contributed by atoms with Gasteiger partial charge in [0, 0.05) is 17.8 Å². The van der Waals surface area contributed by atoms with Gasteiger partial charge in [0.2, 0.25) is 0 Å². The molecule has 1 fully saturated rings. The third kappa shape index (κ3) is 1.18. The number of nitro groups is 1. The Morgan fingerprint density at radius 1 is 1.33 bits per heavy atom. The maximum atomic E-state index is 10.7. The lowest BCUT2D eigenvalue weighted by atomic mass is 10.3. The van der Waals surface area contributed by atoms with Crippen molar-refractivity contribution in [2.75, 3.05) is 0 Å². The monoisotopic (exact) mass is 195 g/mol. The summed E-state index contributed by atoms with van der Waals surface area (Å²) in [6.45, 7) is 0. The minimum absolute atomic E-state index is 0.0845. The molecule has 7 heteroatoms. The molecular weight excluding hydrogens is 186 g/mol. The van der Waals surface area contributed by atoms with Crippen molar-refractivity contribution >= 4 is 10.1 Å². The smallest absolute Gasteiger partial charge is 0.280 e. The van der Waals surface area contributed by atoms with Crippen LogP contribution < -0.4 is 0 Å². The van der Waals surface area contributed by atoms with Crippen LogP contribution in [0.5, 0.6) is 0 Å². The summed E-state index contributed by atoms with van der Waals surface area (Å²) < 4.78 is 30.1. The summed E-state index contributed by atoms with van der Waals surface area (Å²) in [6, 6.07) is 0. The SMILES string of the molecule is O=[N+]([O-])C1(S(=O)(=O)O)CCCC1. The Hall–Kier alpha value is -0.690. The van der Waals surface area contributed by atoms with E-state index in [1.54, 1.807) is 0 Å². The zero-order valence-electron chi connectivity index (χ0n) is 6.26. The standard InChI is InChI=1S/C5H9NO5S/c7-6(8)5(12(9,10)11)3-1-2-4-5/h1-4H2,(H,9,10,11). The molecular formula is C5H9NO5S. The van der Waals surface area contributed by atoms with E-state index in [2.05, 4.69) is 0 Å². The summed E-state index contributed by atoms with van der Waals surface area (Å²) in [5, 5.41) is 10.4. The Kier molecular flexibility index (Phi) is 2.09. The minimum atomic E-state index is -4.56. The molecule has 6 nitrogen and oxygen atoms in total. The van der Waals surface area contributed by atoms with Gasteiger partial charge in [-0.3, -0.25) is 14.7 Å². The molecule has 0 saturated heterocycles. The second kappa shape index (κ2) is 2.67. The topological polar surface area (TPSA) is 97.5 Å². The van der Waals surface area contributed by atoms with Crippen LogP contribution in [0.25, 0.3) is 0 Å². The van der Waals surface area contributed by atoms with Crippen LogP contribution in [0.2, 0.25) is 0 Å². The summed E-state index contributed by atoms with van der Waals surface area (Å²) in [5.74, 6) is 0. The quantitative estimate of drug-likeness (QED) is 0.391. The summed E-state index contributed by atoms with van der Waals surface area (Å²) >= 11 is 0. The first-order valence-corrected chi connectivity index (χ1v) is 4.96. The van der Waals surface area contributed by atoms with E-state index >= 15 is 0 Å². The van der Waals surface area contributed by atoms with E-state index in [1.165, 1.54) is 0 Å². The van der Waals surface area contributed by atoms with Crippen LogP contribution in [-0.4, -0.2) is 22.8 Å². The Labute approximate surface area is 69.5 Å². The van der Waals surface area contributed by atoms with E-state index < -0.39 is 19.9 Å². The van der Waals surface area contributed by atoms with Crippen molar-refractivity contribution in [3.8, 4) is 0 Å². The summed E-state index contributed by atoms with van der Waals surface area (Å²) in [5.41, 5.74) is 0. The van der Waals surface area contributed by atoms with Crippen LogP contribution in [0, 0.1) is 10.1 Å². The molecule has 12 heavy (non-hydrogen) atoms. The highest BCUT2D eigenvalue weighted by Crippen LogP contribution is 2.36. The molecule has 0 aromatic heterocycles. The van der Waals surface area contributed by atoms with Crippen LogP contribution in [-0.2, 0) is 10.1 Å². The van der Waals surface area contributed by atoms with Gasteiger partial charge >= 0.3 is 15.0 Å². The maximum absolute atomic E-state index is 10.7. The van der Waals surface area contributed by atoms with E-state index in [1.807, 2.05) is 0 Å². The molecule has 0 heterocycles. The molecule has 0 spiro atoms. The van der Waals surface area contributed by atoms with Gasteiger partial charge in [-0.15, -0.1) is 0 Å². The fourth-order valence-electron chi connectivity index (χ4n) is 1.46. The highest BCUT2D eigenvalue weighted by atomic mass is 32.2. The lowest BCUT2D eigenvalue weighted by molar-refractivity contribution is -0.540. The lowest BCUT2D eigenvalue weighted by Crippen LogP contribution is -2.43. The lowest BCUT2D eigenvalue weighted by Gasteiger charge is -2.14. The predicted molar refractivity (Wildman–Crippen MR) is 39.7 cm³/mol. The van der Waals surface area contributed by atoms with E-state index in [-0.39, 0.29) is 12.8 Å². The van der Waals surface area contributed by atoms with Crippen molar-refractivity contribution < 1.29 is 17.9 Å². The molecule has 0 amide bonds. The number of hydrogen-bond donors (Lipinski definition) is 1. The highest BCUT2D eigenvalue weighted by molar-refractivity contribution is 7.87. The molecule has 0 atom stereocenters. The van der Waals surface area contributed by atoms with E-state index in [0.717, 1.165) is 0 Å². The number of nitrogens with zero attached hydrogens (tertiary/aromatic N) is 1. The van der Waals surface area contributed by atoms with Gasteiger partial charge < -0.3 is 0 Å². The maximum Gasteiger partial charge on any atom is 0.343 e. The van der Waals surface area contributed by atoms with Crippen molar-refractivity contribution in [2.45, 2.75) is 30.6 Å². The number of hydrogen-bond acceptors (Lipinski definition) is 4. The first-order chi connectivity index (χ1) is 5.40. The van der Waals surface area contributed by atoms with Crippen LogP contribution in [0.4, 0.5) is 0 Å². The average Bonchev–Trinajstić information content (AvgIpc) is 2.31. The van der Waals surface area contributed by atoms with Gasteiger partial charge in [0.05, 0.1) is 0 Å². The van der Waals surface area contributed by atoms with E-state index in [9.17, 15) is 18.5 Å². The van der Waals surface area contributed by atoms with Gasteiger partial charge in [-0.25, -0.2) is 0 Å². The molecule has 0 aliphatic heterocycles. The summed E-state index contributed by atoms with van der Waals surface area (Å²) in [4.78, 5) is 7.43. The predicted octanol–water partition coefficient (Wildman–Crippen LogP) is 0.421. The van der Waals surface area contributed by atoms with Gasteiger partial charge in [-0.05, 0) is 12.8 Å². The summed E-state index contributed by atoms with van der Waals surface area (Å²) in [6.07, 6.45) is 0.777. The van der Waals surface area contributed by atoms with Crippen molar-refractivity contribution in [3.63, 3.8) is 0 Å². The summed E-state index contributed by atoms with van der Waals surface area (Å²) in [7, 11) is -4.56. The Bertz CT molecular complexity index is 289. The largest absolute Gasteiger partial charge is 0.343 e. The zero-order valence-corrected chi connectivity index (χ0v) is 7.08. The molecule has 1 saturated carbocycles. The highest BCUT2D eigenvalue weighted by Gasteiger charge is 2.57. The molecule has 1 aliphatic rings. The van der Waals surface area contributed by atoms with Gasteiger partial charge in [0.15, 0.2) is 0 Å². The molecule has 0 radical (unpaired) electrons. The van der Waals surface area contributed by atoms with Crippen LogP contribution in [0.3, 0.4) is 0 Å². The van der Waals surface area contributed by atoms with E-state index in [0.29, 0.717) is 12.8 Å². The minimum Gasteiger partial charge on any atom is -0.280 e. The van der Waals surface area contributed by atoms with Crippen molar-refractivity contribution in [1.29, 1.82) is 0 Å². The van der Waals surface area contributed by atoms with Gasteiger partial charge in [0.1, 0.15) is 0 Å². The molecule has 1 N–H and O–H groups in total. The first-order valence-electron chi connectivity index (χ1n) is 3.52. The zero-order chi connectivity index (χ0) is 9.41. The third-order valence-electron chi connectivity index (χ3n) is 2.20. The normalized spacial score (nSPS) is 22.4. The van der Waals surface area contributed by atoms with Crippen LogP contribution >= 0.6 is 0 Å². The van der Waals surface area contributed by atoms with Crippen LogP contribution in [0.1, 0.15) is 25.7 Å². The molecule has 0 aromatic carbocycles. The van der Waals surface area contributed by atoms with Gasteiger partial charge in [-0.1, -0.05) is 0 Å². The molecule has 0 bridgehead atoms. The van der Waals surface area contributed by atoms with E-state index in [4.69, 9.17) is 4.55 Å². The fraction of sp³-hybridized carbons (Fsp3) is 1.00. The van der Waals surface area contributed by atoms with Crippen molar-refractivity contribution in [3.05, 3.63) is 10.1 Å². The molecule has 0 unspecified atom stereocenters. The van der Waals surface area contributed by atoms with Crippen molar-refractivity contribution in [2.24, 2.45) is 0 Å². The molecule has 1 rings (SSSR count). The molecule has 0 aromatic rings. The Morgan fingerprint density at radius 2 is 1.75 bits per heavy atom. The van der Waals surface area contributed by atoms with Gasteiger partial charge in [0.25, 0.3) is 0 Å². The van der Waals surface area contributed by atoms with Crippen molar-refractivity contribution in [1.82, 2.24) is 0 Å². The molecule has 1 aliphatic carbocycles. The molecule has 70 valence electrons. The third-order valence-corrected chi connectivity index (χ3v) is 3.72. The average molecular weight is 195 g/mol. The van der Waals surface area contributed by atoms with Crippen LogP contribution in [0.15, 0.2) is 0 Å². The second-order valence-electron chi connectivity index (χ2n) is 2.89.